The highest BCUT2D eigenvalue weighted by atomic mass is 16.2. The Hall–Kier alpha value is -1.88. The first kappa shape index (κ1) is 14.2. The summed E-state index contributed by atoms with van der Waals surface area (Å²) < 4.78 is 0. The molecule has 18 heavy (non-hydrogen) atoms. The minimum absolute atomic E-state index is 0.114. The standard InChI is InChI=1S/C13H19N3O2/c1-3-14-12(17)9-15-10(2)13(18)16-11-7-5-4-6-8-11/h4-8,10,15H,3,9H2,1-2H3,(H,14,17)(H,16,18). The maximum atomic E-state index is 11.8. The Kier molecular flexibility index (Phi) is 5.87. The van der Waals surface area contributed by atoms with Gasteiger partial charge in [-0.3, -0.25) is 14.9 Å². The number of benzene rings is 1. The number of nitrogens with one attached hydrogen (secondary N) is 3. The van der Waals surface area contributed by atoms with Gasteiger partial charge in [-0.1, -0.05) is 18.2 Å². The molecule has 3 N–H and O–H groups in total. The van der Waals surface area contributed by atoms with Gasteiger partial charge in [0.05, 0.1) is 12.6 Å². The predicted molar refractivity (Wildman–Crippen MR) is 71.2 cm³/mol. The first-order valence-corrected chi connectivity index (χ1v) is 5.99. The van der Waals surface area contributed by atoms with Crippen LogP contribution in [-0.2, 0) is 9.59 Å². The average Bonchev–Trinajstić information content (AvgIpc) is 2.37. The van der Waals surface area contributed by atoms with Gasteiger partial charge in [-0.15, -0.1) is 0 Å². The normalized spacial score (nSPS) is 11.7. The van der Waals surface area contributed by atoms with Crippen LogP contribution in [0, 0.1) is 0 Å². The second-order valence-corrected chi connectivity index (χ2v) is 3.91. The predicted octanol–water partition coefficient (Wildman–Crippen LogP) is 0.739. The maximum absolute atomic E-state index is 11.8. The van der Waals surface area contributed by atoms with Crippen LogP contribution in [0.5, 0.6) is 0 Å². The van der Waals surface area contributed by atoms with Crippen LogP contribution in [-0.4, -0.2) is 30.9 Å². The first-order valence-electron chi connectivity index (χ1n) is 5.99. The van der Waals surface area contributed by atoms with Crippen molar-refractivity contribution in [3.05, 3.63) is 30.3 Å². The highest BCUT2D eigenvalue weighted by molar-refractivity contribution is 5.94. The van der Waals surface area contributed by atoms with Crippen LogP contribution in [0.3, 0.4) is 0 Å². The Balaban J connectivity index is 2.35. The Labute approximate surface area is 107 Å². The van der Waals surface area contributed by atoms with Gasteiger partial charge in [0, 0.05) is 12.2 Å². The van der Waals surface area contributed by atoms with Gasteiger partial charge in [0.15, 0.2) is 0 Å². The van der Waals surface area contributed by atoms with Gasteiger partial charge in [0.1, 0.15) is 0 Å². The molecule has 0 spiro atoms. The Bertz CT molecular complexity index is 392. The molecule has 0 heterocycles. The van der Waals surface area contributed by atoms with Gasteiger partial charge in [-0.05, 0) is 26.0 Å². The van der Waals surface area contributed by atoms with Crippen LogP contribution < -0.4 is 16.0 Å². The van der Waals surface area contributed by atoms with Crippen molar-refractivity contribution >= 4 is 17.5 Å². The second kappa shape index (κ2) is 7.45. The molecule has 0 radical (unpaired) electrons. The highest BCUT2D eigenvalue weighted by Gasteiger charge is 2.13. The molecule has 5 nitrogen and oxygen atoms in total. The first-order chi connectivity index (χ1) is 8.63. The summed E-state index contributed by atoms with van der Waals surface area (Å²) in [6, 6.07) is 8.79. The van der Waals surface area contributed by atoms with Crippen LogP contribution >= 0.6 is 0 Å². The lowest BCUT2D eigenvalue weighted by Gasteiger charge is -2.13. The number of hydrogen-bond donors (Lipinski definition) is 3. The molecule has 1 aromatic carbocycles. The van der Waals surface area contributed by atoms with Gasteiger partial charge in [-0.2, -0.15) is 0 Å². The molecule has 0 saturated carbocycles. The van der Waals surface area contributed by atoms with E-state index >= 15 is 0 Å². The van der Waals surface area contributed by atoms with E-state index in [0.717, 1.165) is 5.69 Å². The van der Waals surface area contributed by atoms with Crippen molar-refractivity contribution in [2.24, 2.45) is 0 Å². The summed E-state index contributed by atoms with van der Waals surface area (Å²) in [5.74, 6) is -0.276. The van der Waals surface area contributed by atoms with Crippen molar-refractivity contribution < 1.29 is 9.59 Å². The van der Waals surface area contributed by atoms with Crippen molar-refractivity contribution in [2.75, 3.05) is 18.4 Å². The van der Waals surface area contributed by atoms with Gasteiger partial charge in [0.25, 0.3) is 0 Å². The number of anilines is 1. The molecule has 5 heteroatoms. The average molecular weight is 249 g/mol. The number of carbonyl (C=O) groups is 2. The molecule has 0 aliphatic rings. The molecule has 2 amide bonds. The van der Waals surface area contributed by atoms with E-state index < -0.39 is 6.04 Å². The summed E-state index contributed by atoms with van der Waals surface area (Å²) in [6.07, 6.45) is 0. The highest BCUT2D eigenvalue weighted by Crippen LogP contribution is 2.05. The second-order valence-electron chi connectivity index (χ2n) is 3.91. The minimum Gasteiger partial charge on any atom is -0.355 e. The quantitative estimate of drug-likeness (QED) is 0.696. The lowest BCUT2D eigenvalue weighted by molar-refractivity contribution is -0.120. The van der Waals surface area contributed by atoms with Gasteiger partial charge < -0.3 is 10.6 Å². The summed E-state index contributed by atoms with van der Waals surface area (Å²) in [6.45, 7) is 4.29. The van der Waals surface area contributed by atoms with E-state index in [4.69, 9.17) is 0 Å². The number of para-hydroxylation sites is 1. The molecule has 0 aliphatic heterocycles. The number of hydrogen-bond acceptors (Lipinski definition) is 3. The van der Waals surface area contributed by atoms with Crippen molar-refractivity contribution in [3.63, 3.8) is 0 Å². The zero-order chi connectivity index (χ0) is 13.4. The lowest BCUT2D eigenvalue weighted by atomic mass is 10.2. The number of likely N-dealkylation sites (N-methyl/N-ethyl adjacent to an activating group) is 1. The van der Waals surface area contributed by atoms with Gasteiger partial charge in [0.2, 0.25) is 11.8 Å². The lowest BCUT2D eigenvalue weighted by Crippen LogP contribution is -2.43. The Morgan fingerprint density at radius 1 is 1.22 bits per heavy atom. The van der Waals surface area contributed by atoms with Crippen molar-refractivity contribution in [3.8, 4) is 0 Å². The number of carbonyl (C=O) groups excluding carboxylic acids is 2. The van der Waals surface area contributed by atoms with E-state index in [2.05, 4.69) is 16.0 Å². The summed E-state index contributed by atoms with van der Waals surface area (Å²) in [7, 11) is 0. The molecule has 1 rings (SSSR count). The summed E-state index contributed by atoms with van der Waals surface area (Å²) in [4.78, 5) is 23.0. The molecule has 1 atom stereocenters. The number of amides is 2. The fraction of sp³-hybridized carbons (Fsp3) is 0.385. The topological polar surface area (TPSA) is 70.2 Å². The molecule has 0 saturated heterocycles. The molecule has 0 aromatic heterocycles. The maximum Gasteiger partial charge on any atom is 0.241 e. The third kappa shape index (κ3) is 4.97. The van der Waals surface area contributed by atoms with Crippen LogP contribution in [0.4, 0.5) is 5.69 Å². The van der Waals surface area contributed by atoms with Gasteiger partial charge in [-0.25, -0.2) is 0 Å². The van der Waals surface area contributed by atoms with E-state index in [-0.39, 0.29) is 18.4 Å². The molecule has 0 bridgehead atoms. The van der Waals surface area contributed by atoms with E-state index in [1.54, 1.807) is 6.92 Å². The largest absolute Gasteiger partial charge is 0.355 e. The number of rotatable bonds is 6. The van der Waals surface area contributed by atoms with Crippen molar-refractivity contribution in [1.82, 2.24) is 10.6 Å². The monoisotopic (exact) mass is 249 g/mol. The fourth-order valence-corrected chi connectivity index (χ4v) is 1.37. The zero-order valence-corrected chi connectivity index (χ0v) is 10.7. The molecule has 1 aromatic rings. The van der Waals surface area contributed by atoms with Crippen LogP contribution in [0.2, 0.25) is 0 Å². The Morgan fingerprint density at radius 2 is 1.89 bits per heavy atom. The Morgan fingerprint density at radius 3 is 2.50 bits per heavy atom. The molecule has 0 aliphatic carbocycles. The van der Waals surface area contributed by atoms with Crippen molar-refractivity contribution in [1.29, 1.82) is 0 Å². The summed E-state index contributed by atoms with van der Waals surface area (Å²) in [5, 5.41) is 8.28. The van der Waals surface area contributed by atoms with E-state index in [0.29, 0.717) is 6.54 Å². The third-order valence-corrected chi connectivity index (χ3v) is 2.38. The van der Waals surface area contributed by atoms with E-state index in [9.17, 15) is 9.59 Å². The van der Waals surface area contributed by atoms with Gasteiger partial charge >= 0.3 is 0 Å². The third-order valence-electron chi connectivity index (χ3n) is 2.38. The molecule has 1 unspecified atom stereocenters. The SMILES string of the molecule is CCNC(=O)CNC(C)C(=O)Nc1ccccc1. The van der Waals surface area contributed by atoms with E-state index in [1.165, 1.54) is 0 Å². The summed E-state index contributed by atoms with van der Waals surface area (Å²) >= 11 is 0. The molecule has 98 valence electrons. The van der Waals surface area contributed by atoms with Crippen LogP contribution in [0.15, 0.2) is 30.3 Å². The fourth-order valence-electron chi connectivity index (χ4n) is 1.37. The van der Waals surface area contributed by atoms with E-state index in [1.807, 2.05) is 37.3 Å². The summed E-state index contributed by atoms with van der Waals surface area (Å²) in [5.41, 5.74) is 0.745. The zero-order valence-electron chi connectivity index (χ0n) is 10.7. The molecular formula is C13H19N3O2. The minimum atomic E-state index is -0.423. The van der Waals surface area contributed by atoms with Crippen LogP contribution in [0.25, 0.3) is 0 Å². The van der Waals surface area contributed by atoms with Crippen molar-refractivity contribution in [2.45, 2.75) is 19.9 Å². The molecule has 0 fully saturated rings. The van der Waals surface area contributed by atoms with Crippen LogP contribution in [0.1, 0.15) is 13.8 Å². The molecular weight excluding hydrogens is 230 g/mol. The smallest absolute Gasteiger partial charge is 0.241 e.